The fraction of sp³-hybridized carbons (Fsp3) is 0.350. The maximum Gasteiger partial charge on any atom is 0.328 e. The average molecular weight is 416 g/mol. The van der Waals surface area contributed by atoms with Crippen LogP contribution in [0.25, 0.3) is 11.0 Å². The highest BCUT2D eigenvalue weighted by molar-refractivity contribution is 6.31. The van der Waals surface area contributed by atoms with Crippen LogP contribution in [-0.2, 0) is 18.3 Å². The first-order valence-electron chi connectivity index (χ1n) is 8.99. The normalized spacial score (nSPS) is 13.2. The van der Waals surface area contributed by atoms with Crippen LogP contribution in [0.1, 0.15) is 18.9 Å². The Morgan fingerprint density at radius 1 is 1.38 bits per heavy atom. The van der Waals surface area contributed by atoms with Crippen molar-refractivity contribution in [3.05, 3.63) is 51.7 Å². The Kier molecular flexibility index (Phi) is 5.94. The first-order chi connectivity index (χ1) is 13.8. The summed E-state index contributed by atoms with van der Waals surface area (Å²) in [6.07, 6.45) is 1.87. The molecule has 0 saturated carbocycles. The van der Waals surface area contributed by atoms with Crippen LogP contribution < -0.4 is 11.0 Å². The minimum Gasteiger partial charge on any atom is -0.388 e. The van der Waals surface area contributed by atoms with Crippen LogP contribution >= 0.6 is 11.6 Å². The summed E-state index contributed by atoms with van der Waals surface area (Å²) >= 11 is 5.99. The van der Waals surface area contributed by atoms with E-state index in [1.807, 2.05) is 24.3 Å². The molecular formula is C20H22ClN5O3. The van der Waals surface area contributed by atoms with Crippen molar-refractivity contribution in [1.82, 2.24) is 14.1 Å². The molecule has 2 heterocycles. The molecule has 0 fully saturated rings. The van der Waals surface area contributed by atoms with Gasteiger partial charge in [0.05, 0.1) is 28.9 Å². The number of halogens is 1. The number of nitriles is 1. The summed E-state index contributed by atoms with van der Waals surface area (Å²) in [5, 5.41) is 23.0. The number of hydrogen-bond acceptors (Lipinski definition) is 6. The summed E-state index contributed by atoms with van der Waals surface area (Å²) in [7, 11) is 3.23. The lowest BCUT2D eigenvalue weighted by atomic mass is 10.0. The van der Waals surface area contributed by atoms with Gasteiger partial charge in [0.25, 0.3) is 0 Å². The number of methoxy groups -OCH3 is 1. The van der Waals surface area contributed by atoms with Crippen LogP contribution in [-0.4, -0.2) is 38.5 Å². The minimum absolute atomic E-state index is 0.121. The minimum atomic E-state index is -1.04. The van der Waals surface area contributed by atoms with Crippen molar-refractivity contribution in [3.63, 3.8) is 0 Å². The van der Waals surface area contributed by atoms with Gasteiger partial charge in [-0.25, -0.2) is 9.78 Å². The van der Waals surface area contributed by atoms with Gasteiger partial charge in [-0.05, 0) is 37.6 Å². The smallest absolute Gasteiger partial charge is 0.328 e. The number of fused-ring (bicyclic) bond motifs is 1. The van der Waals surface area contributed by atoms with Crippen molar-refractivity contribution in [2.45, 2.75) is 25.5 Å². The number of hydrogen-bond donors (Lipinski definition) is 2. The third-order valence-electron chi connectivity index (χ3n) is 4.77. The molecule has 152 valence electrons. The lowest BCUT2D eigenvalue weighted by molar-refractivity contribution is -0.0252. The highest BCUT2D eigenvalue weighted by atomic mass is 35.5. The number of aryl methyl sites for hydroxylation is 2. The van der Waals surface area contributed by atoms with E-state index in [0.29, 0.717) is 24.3 Å². The fourth-order valence-electron chi connectivity index (χ4n) is 3.24. The van der Waals surface area contributed by atoms with E-state index in [1.54, 1.807) is 29.2 Å². The summed E-state index contributed by atoms with van der Waals surface area (Å²) in [5.74, 6) is 0. The van der Waals surface area contributed by atoms with E-state index >= 15 is 0 Å². The van der Waals surface area contributed by atoms with Gasteiger partial charge < -0.3 is 15.2 Å². The molecule has 1 atom stereocenters. The van der Waals surface area contributed by atoms with Crippen LogP contribution in [0.15, 0.2) is 35.3 Å². The van der Waals surface area contributed by atoms with E-state index in [-0.39, 0.29) is 23.0 Å². The van der Waals surface area contributed by atoms with Crippen molar-refractivity contribution in [2.75, 3.05) is 19.0 Å². The Bertz CT molecular complexity index is 1140. The first kappa shape index (κ1) is 20.9. The molecule has 0 saturated heterocycles. The Morgan fingerprint density at radius 3 is 2.83 bits per heavy atom. The maximum absolute atomic E-state index is 12.7. The summed E-state index contributed by atoms with van der Waals surface area (Å²) in [5.41, 5.74) is 1.74. The van der Waals surface area contributed by atoms with Crippen molar-refractivity contribution in [3.8, 4) is 6.07 Å². The average Bonchev–Trinajstić information content (AvgIpc) is 2.90. The lowest BCUT2D eigenvalue weighted by Crippen LogP contribution is -2.33. The fourth-order valence-corrected chi connectivity index (χ4v) is 3.44. The number of rotatable bonds is 7. The summed E-state index contributed by atoms with van der Waals surface area (Å²) in [6.45, 7) is 2.19. The van der Waals surface area contributed by atoms with E-state index in [2.05, 4.69) is 10.3 Å². The van der Waals surface area contributed by atoms with Gasteiger partial charge in [-0.15, -0.1) is 0 Å². The Balaban J connectivity index is 1.98. The number of nitrogens with one attached hydrogen (secondary N) is 1. The number of aliphatic hydroxyl groups is 1. The van der Waals surface area contributed by atoms with Crippen LogP contribution in [0, 0.1) is 11.3 Å². The molecule has 0 aliphatic rings. The molecular weight excluding hydrogens is 394 g/mol. The molecule has 1 aromatic carbocycles. The quantitative estimate of drug-likeness (QED) is 0.575. The predicted octanol–water partition coefficient (Wildman–Crippen LogP) is 2.79. The highest BCUT2D eigenvalue weighted by Crippen LogP contribution is 2.27. The van der Waals surface area contributed by atoms with Gasteiger partial charge in [-0.2, -0.15) is 5.26 Å². The van der Waals surface area contributed by atoms with Gasteiger partial charge in [-0.1, -0.05) is 11.6 Å². The van der Waals surface area contributed by atoms with Crippen LogP contribution in [0.2, 0.25) is 5.15 Å². The molecule has 1 unspecified atom stereocenters. The highest BCUT2D eigenvalue weighted by Gasteiger charge is 2.22. The number of pyridine rings is 1. The second-order valence-corrected chi connectivity index (χ2v) is 7.50. The molecule has 8 nitrogen and oxygen atoms in total. The number of ether oxygens (including phenoxy) is 1. The van der Waals surface area contributed by atoms with E-state index < -0.39 is 5.60 Å². The van der Waals surface area contributed by atoms with Gasteiger partial charge in [-0.3, -0.25) is 9.13 Å². The number of aromatic nitrogens is 3. The zero-order chi connectivity index (χ0) is 21.2. The summed E-state index contributed by atoms with van der Waals surface area (Å²) in [4.78, 5) is 16.6. The van der Waals surface area contributed by atoms with Crippen LogP contribution in [0.3, 0.4) is 0 Å². The SMILES string of the molecule is COCC(C)(O)CCn1c(=O)n(C)c2ccc(Nc3ccnc(Cl)c3C#N)cc21. The topological polar surface area (TPSA) is 105 Å². The number of nitrogens with zero attached hydrogens (tertiary/aromatic N) is 4. The molecule has 0 aliphatic heterocycles. The van der Waals surface area contributed by atoms with Crippen molar-refractivity contribution < 1.29 is 9.84 Å². The van der Waals surface area contributed by atoms with Gasteiger partial charge in [0.2, 0.25) is 0 Å². The molecule has 0 bridgehead atoms. The molecule has 2 N–H and O–H groups in total. The summed E-state index contributed by atoms with van der Waals surface area (Å²) < 4.78 is 8.22. The molecule has 9 heteroatoms. The Labute approximate surface area is 172 Å². The third kappa shape index (κ3) is 4.27. The van der Waals surface area contributed by atoms with Crippen LogP contribution in [0.5, 0.6) is 0 Å². The van der Waals surface area contributed by atoms with Gasteiger partial charge in [0.1, 0.15) is 16.8 Å². The van der Waals surface area contributed by atoms with Crippen molar-refractivity contribution in [1.29, 1.82) is 5.26 Å². The van der Waals surface area contributed by atoms with Gasteiger partial charge in [0, 0.05) is 32.6 Å². The number of benzene rings is 1. The molecule has 0 amide bonds. The standard InChI is InChI=1S/C20H22ClN5O3/c1-20(28,12-29-3)7-9-26-17-10-13(4-5-16(17)25(2)19(26)27)24-15-6-8-23-18(21)14(15)11-22/h4-6,8,10,28H,7,9,12H2,1-3H3,(H,23,24). The van der Waals surface area contributed by atoms with E-state index in [1.165, 1.54) is 13.3 Å². The lowest BCUT2D eigenvalue weighted by Gasteiger charge is -2.22. The van der Waals surface area contributed by atoms with Crippen molar-refractivity contribution >= 4 is 34.0 Å². The monoisotopic (exact) mass is 415 g/mol. The Hall–Kier alpha value is -2.86. The molecule has 29 heavy (non-hydrogen) atoms. The van der Waals surface area contributed by atoms with Crippen molar-refractivity contribution in [2.24, 2.45) is 7.05 Å². The Morgan fingerprint density at radius 2 is 2.14 bits per heavy atom. The zero-order valence-corrected chi connectivity index (χ0v) is 17.2. The third-order valence-corrected chi connectivity index (χ3v) is 5.06. The molecule has 0 aliphatic carbocycles. The van der Waals surface area contributed by atoms with Crippen LogP contribution in [0.4, 0.5) is 11.4 Å². The second kappa shape index (κ2) is 8.25. The van der Waals surface area contributed by atoms with E-state index in [4.69, 9.17) is 16.3 Å². The molecule has 3 rings (SSSR count). The zero-order valence-electron chi connectivity index (χ0n) is 16.4. The largest absolute Gasteiger partial charge is 0.388 e. The molecule has 0 radical (unpaired) electrons. The van der Waals surface area contributed by atoms with E-state index in [9.17, 15) is 15.2 Å². The number of imidazole rings is 1. The number of anilines is 2. The first-order valence-corrected chi connectivity index (χ1v) is 9.37. The maximum atomic E-state index is 12.7. The molecule has 2 aromatic heterocycles. The van der Waals surface area contributed by atoms with Gasteiger partial charge in [0.15, 0.2) is 0 Å². The van der Waals surface area contributed by atoms with Gasteiger partial charge >= 0.3 is 5.69 Å². The second-order valence-electron chi connectivity index (χ2n) is 7.14. The summed E-state index contributed by atoms with van der Waals surface area (Å²) in [6, 6.07) is 9.18. The molecule has 0 spiro atoms. The predicted molar refractivity (Wildman–Crippen MR) is 112 cm³/mol. The molecule has 3 aromatic rings. The van der Waals surface area contributed by atoms with E-state index in [0.717, 1.165) is 11.0 Å².